The van der Waals surface area contributed by atoms with E-state index in [0.29, 0.717) is 17.0 Å². The van der Waals surface area contributed by atoms with Crippen LogP contribution >= 0.6 is 0 Å². The third-order valence-corrected chi connectivity index (χ3v) is 6.62. The van der Waals surface area contributed by atoms with Crippen molar-refractivity contribution in [2.45, 2.75) is 4.90 Å². The van der Waals surface area contributed by atoms with Crippen molar-refractivity contribution in [2.75, 3.05) is 25.5 Å². The van der Waals surface area contributed by atoms with Crippen LogP contribution in [0.25, 0.3) is 10.8 Å². The molecule has 7 heteroatoms. The molecule has 0 saturated heterocycles. The lowest BCUT2D eigenvalue weighted by Gasteiger charge is -2.19. The number of carbonyl (C=O) groups is 1. The number of rotatable bonds is 9. The van der Waals surface area contributed by atoms with Crippen molar-refractivity contribution in [1.82, 2.24) is 4.31 Å². The van der Waals surface area contributed by atoms with Crippen LogP contribution in [-0.2, 0) is 10.0 Å². The minimum Gasteiger partial charge on any atom is -0.496 e. The fourth-order valence-electron chi connectivity index (χ4n) is 3.24. The Morgan fingerprint density at radius 3 is 2.16 bits per heavy atom. The van der Waals surface area contributed by atoms with Crippen molar-refractivity contribution in [2.24, 2.45) is 0 Å². The summed E-state index contributed by atoms with van der Waals surface area (Å²) in [7, 11) is -2.12. The van der Waals surface area contributed by atoms with Gasteiger partial charge in [-0.2, -0.15) is 4.31 Å². The second-order valence-electron chi connectivity index (χ2n) is 6.74. The summed E-state index contributed by atoms with van der Waals surface area (Å²) in [4.78, 5) is 12.9. The summed E-state index contributed by atoms with van der Waals surface area (Å²) in [6, 6.07) is 17.0. The van der Waals surface area contributed by atoms with Gasteiger partial charge in [0.1, 0.15) is 5.75 Å². The highest BCUT2D eigenvalue weighted by Crippen LogP contribution is 2.31. The highest BCUT2D eigenvalue weighted by atomic mass is 32.2. The zero-order valence-electron chi connectivity index (χ0n) is 17.2. The number of ether oxygens (including phenoxy) is 1. The van der Waals surface area contributed by atoms with E-state index in [1.54, 1.807) is 19.2 Å². The van der Waals surface area contributed by atoms with Crippen LogP contribution in [0.2, 0.25) is 0 Å². The zero-order chi connectivity index (χ0) is 22.4. The molecule has 0 heterocycles. The first-order chi connectivity index (χ1) is 14.9. The molecule has 160 valence electrons. The predicted octanol–water partition coefficient (Wildman–Crippen LogP) is 4.46. The number of methoxy groups -OCH3 is 1. The lowest BCUT2D eigenvalue weighted by molar-refractivity contribution is 0.102. The van der Waals surface area contributed by atoms with E-state index in [1.165, 1.54) is 40.7 Å². The summed E-state index contributed by atoms with van der Waals surface area (Å²) in [6.07, 6.45) is 3.03. The first-order valence-electron chi connectivity index (χ1n) is 9.61. The van der Waals surface area contributed by atoms with E-state index < -0.39 is 10.0 Å². The van der Waals surface area contributed by atoms with E-state index in [-0.39, 0.29) is 23.9 Å². The molecule has 6 nitrogen and oxygen atoms in total. The third-order valence-electron chi connectivity index (χ3n) is 4.77. The number of nitrogens with one attached hydrogen (secondary N) is 1. The fourth-order valence-corrected chi connectivity index (χ4v) is 4.62. The maximum atomic E-state index is 12.8. The van der Waals surface area contributed by atoms with Gasteiger partial charge in [0, 0.05) is 35.1 Å². The van der Waals surface area contributed by atoms with E-state index in [1.807, 2.05) is 24.3 Å². The highest BCUT2D eigenvalue weighted by molar-refractivity contribution is 7.89. The number of carbonyl (C=O) groups excluding carboxylic acids is 1. The molecule has 0 aromatic heterocycles. The molecule has 3 aromatic carbocycles. The number of fused-ring (bicyclic) bond motifs is 1. The van der Waals surface area contributed by atoms with Crippen molar-refractivity contribution >= 4 is 32.4 Å². The highest BCUT2D eigenvalue weighted by Gasteiger charge is 2.22. The van der Waals surface area contributed by atoms with Crippen molar-refractivity contribution in [1.29, 1.82) is 0 Å². The monoisotopic (exact) mass is 436 g/mol. The van der Waals surface area contributed by atoms with Crippen LogP contribution in [0.3, 0.4) is 0 Å². The van der Waals surface area contributed by atoms with Gasteiger partial charge < -0.3 is 10.1 Å². The summed E-state index contributed by atoms with van der Waals surface area (Å²) in [5, 5.41) is 4.62. The number of nitrogens with zero attached hydrogens (tertiary/aromatic N) is 1. The molecular formula is C24H24N2O4S. The van der Waals surface area contributed by atoms with Crippen molar-refractivity contribution in [3.63, 3.8) is 0 Å². The minimum absolute atomic E-state index is 0.0997. The lowest BCUT2D eigenvalue weighted by Crippen LogP contribution is -2.31. The quantitative estimate of drug-likeness (QED) is 0.503. The normalized spacial score (nSPS) is 11.3. The molecule has 0 spiro atoms. The molecule has 3 aromatic rings. The topological polar surface area (TPSA) is 75.7 Å². The van der Waals surface area contributed by atoms with Crippen molar-refractivity contribution in [3.8, 4) is 5.75 Å². The number of amides is 1. The number of sulfonamides is 1. The van der Waals surface area contributed by atoms with E-state index in [2.05, 4.69) is 18.5 Å². The van der Waals surface area contributed by atoms with Gasteiger partial charge in [-0.15, -0.1) is 13.2 Å². The SMILES string of the molecule is C=CCN(CC=C)S(=O)(=O)c1ccc(C(=O)Nc2ccc(OC)c3ccccc23)cc1. The van der Waals surface area contributed by atoms with Crippen LogP contribution in [0.5, 0.6) is 5.75 Å². The van der Waals surface area contributed by atoms with Gasteiger partial charge in [0.25, 0.3) is 5.91 Å². The second-order valence-corrected chi connectivity index (χ2v) is 8.68. The lowest BCUT2D eigenvalue weighted by atomic mass is 10.1. The van der Waals surface area contributed by atoms with Gasteiger partial charge in [0.05, 0.1) is 12.0 Å². The molecule has 0 radical (unpaired) electrons. The Labute approximate surface area is 182 Å². The average molecular weight is 437 g/mol. The molecule has 0 aliphatic carbocycles. The summed E-state index contributed by atoms with van der Waals surface area (Å²) >= 11 is 0. The van der Waals surface area contributed by atoms with Gasteiger partial charge in [0.15, 0.2) is 0 Å². The van der Waals surface area contributed by atoms with E-state index in [0.717, 1.165) is 10.8 Å². The summed E-state index contributed by atoms with van der Waals surface area (Å²) in [6.45, 7) is 7.53. The van der Waals surface area contributed by atoms with Crippen LogP contribution < -0.4 is 10.1 Å². The Morgan fingerprint density at radius 2 is 1.58 bits per heavy atom. The second kappa shape index (κ2) is 9.59. The molecule has 1 amide bonds. The first kappa shape index (κ1) is 22.3. The molecule has 0 atom stereocenters. The van der Waals surface area contributed by atoms with E-state index in [9.17, 15) is 13.2 Å². The molecule has 3 rings (SSSR count). The van der Waals surface area contributed by atoms with Gasteiger partial charge in [-0.1, -0.05) is 36.4 Å². The van der Waals surface area contributed by atoms with Gasteiger partial charge in [0.2, 0.25) is 10.0 Å². The Bertz CT molecular complexity index is 1210. The summed E-state index contributed by atoms with van der Waals surface area (Å²) in [5.41, 5.74) is 0.985. The van der Waals surface area contributed by atoms with Crippen molar-refractivity contribution < 1.29 is 17.9 Å². The Balaban J connectivity index is 1.85. The van der Waals surface area contributed by atoms with Gasteiger partial charge in [-0.05, 0) is 36.4 Å². The smallest absolute Gasteiger partial charge is 0.255 e. The van der Waals surface area contributed by atoms with Crippen LogP contribution in [0.15, 0.2) is 90.9 Å². The molecule has 0 fully saturated rings. The predicted molar refractivity (Wildman–Crippen MR) is 124 cm³/mol. The third kappa shape index (κ3) is 4.68. The Hall–Kier alpha value is -3.42. The minimum atomic E-state index is -3.72. The number of anilines is 1. The maximum Gasteiger partial charge on any atom is 0.255 e. The molecule has 0 aliphatic heterocycles. The first-order valence-corrected chi connectivity index (χ1v) is 11.1. The van der Waals surface area contributed by atoms with Crippen LogP contribution in [0.4, 0.5) is 5.69 Å². The average Bonchev–Trinajstić information content (AvgIpc) is 2.79. The standard InChI is InChI=1S/C24H24N2O4S/c1-4-16-26(17-5-2)31(28,29)19-12-10-18(11-13-19)24(27)25-22-14-15-23(30-3)21-9-7-6-8-20(21)22/h4-15H,1-2,16-17H2,3H3,(H,25,27). The number of hydrogen-bond donors (Lipinski definition) is 1. The molecule has 0 saturated carbocycles. The summed E-state index contributed by atoms with van der Waals surface area (Å²) < 4.78 is 32.3. The van der Waals surface area contributed by atoms with Crippen molar-refractivity contribution in [3.05, 3.63) is 91.5 Å². The zero-order valence-corrected chi connectivity index (χ0v) is 18.1. The summed E-state index contributed by atoms with van der Waals surface area (Å²) in [5.74, 6) is 0.375. The molecule has 0 aliphatic rings. The van der Waals surface area contributed by atoms with Crippen LogP contribution in [0, 0.1) is 0 Å². The maximum absolute atomic E-state index is 12.8. The van der Waals surface area contributed by atoms with Gasteiger partial charge >= 0.3 is 0 Å². The van der Waals surface area contributed by atoms with E-state index in [4.69, 9.17) is 4.74 Å². The molecule has 31 heavy (non-hydrogen) atoms. The largest absolute Gasteiger partial charge is 0.496 e. The Kier molecular flexibility index (Phi) is 6.89. The molecular weight excluding hydrogens is 412 g/mol. The number of hydrogen-bond acceptors (Lipinski definition) is 4. The van der Waals surface area contributed by atoms with Crippen LogP contribution in [0.1, 0.15) is 10.4 Å². The fraction of sp³-hybridized carbons (Fsp3) is 0.125. The number of benzene rings is 3. The van der Waals surface area contributed by atoms with Gasteiger partial charge in [-0.3, -0.25) is 4.79 Å². The van der Waals surface area contributed by atoms with Crippen LogP contribution in [-0.4, -0.2) is 38.8 Å². The molecule has 1 N–H and O–H groups in total. The molecule has 0 bridgehead atoms. The Morgan fingerprint density at radius 1 is 0.968 bits per heavy atom. The van der Waals surface area contributed by atoms with Gasteiger partial charge in [-0.25, -0.2) is 8.42 Å². The van der Waals surface area contributed by atoms with E-state index >= 15 is 0 Å². The molecule has 0 unspecified atom stereocenters.